The lowest BCUT2D eigenvalue weighted by Crippen LogP contribution is -2.27. The number of imidazole rings is 2. The molecule has 1 saturated heterocycles. The van der Waals surface area contributed by atoms with Crippen LogP contribution >= 0.6 is 0 Å². The number of nitrogens with zero attached hydrogens (tertiary/aromatic N) is 6. The molecule has 9 nitrogen and oxygen atoms in total. The third-order valence-corrected chi connectivity index (χ3v) is 5.84. The summed E-state index contributed by atoms with van der Waals surface area (Å²) in [4.78, 5) is 33.2. The van der Waals surface area contributed by atoms with Crippen LogP contribution in [0.5, 0.6) is 0 Å². The minimum Gasteiger partial charge on any atom is -0.381 e. The van der Waals surface area contributed by atoms with E-state index in [0.29, 0.717) is 59.5 Å². The summed E-state index contributed by atoms with van der Waals surface area (Å²) in [5, 5.41) is 0. The van der Waals surface area contributed by atoms with E-state index in [1.54, 1.807) is 15.2 Å². The Morgan fingerprint density at radius 2 is 1.91 bits per heavy atom. The zero-order valence-electron chi connectivity index (χ0n) is 17.2. The minimum absolute atomic E-state index is 0.0982. The Morgan fingerprint density at radius 1 is 1.06 bits per heavy atom. The number of nitrogens with one attached hydrogen (secondary N) is 1. The number of halogens is 2. The van der Waals surface area contributed by atoms with Gasteiger partial charge >= 0.3 is 5.69 Å². The van der Waals surface area contributed by atoms with E-state index in [1.807, 2.05) is 0 Å². The molecule has 1 aromatic carbocycles. The highest BCUT2D eigenvalue weighted by molar-refractivity contribution is 5.88. The molecule has 0 amide bonds. The number of pyridine rings is 1. The zero-order chi connectivity index (χ0) is 22.5. The van der Waals surface area contributed by atoms with Gasteiger partial charge in [-0.15, -0.1) is 0 Å². The molecule has 0 radical (unpaired) electrons. The normalized spacial score (nSPS) is 15.0. The molecule has 0 bridgehead atoms. The predicted molar refractivity (Wildman–Crippen MR) is 115 cm³/mol. The first kappa shape index (κ1) is 19.7. The second-order valence-electron chi connectivity index (χ2n) is 7.83. The summed E-state index contributed by atoms with van der Waals surface area (Å²) in [6.07, 6.45) is 4.18. The number of rotatable bonds is 3. The van der Waals surface area contributed by atoms with E-state index in [4.69, 9.17) is 4.74 Å². The largest absolute Gasteiger partial charge is 0.381 e. The van der Waals surface area contributed by atoms with E-state index in [-0.39, 0.29) is 17.7 Å². The van der Waals surface area contributed by atoms with Gasteiger partial charge in [0.2, 0.25) is 11.9 Å². The molecular weight excluding hydrogens is 432 g/mol. The van der Waals surface area contributed by atoms with Crippen LogP contribution in [0.25, 0.3) is 39.4 Å². The van der Waals surface area contributed by atoms with Crippen molar-refractivity contribution in [2.45, 2.75) is 18.9 Å². The van der Waals surface area contributed by atoms with Gasteiger partial charge in [-0.1, -0.05) is 0 Å². The average Bonchev–Trinajstić information content (AvgIpc) is 3.39. The first-order valence-corrected chi connectivity index (χ1v) is 10.4. The second kappa shape index (κ2) is 7.55. The van der Waals surface area contributed by atoms with Gasteiger partial charge in [0.15, 0.2) is 5.65 Å². The fourth-order valence-corrected chi connectivity index (χ4v) is 4.25. The summed E-state index contributed by atoms with van der Waals surface area (Å²) in [7, 11) is 0. The van der Waals surface area contributed by atoms with Crippen LogP contribution in [-0.4, -0.2) is 47.3 Å². The minimum atomic E-state index is -0.631. The summed E-state index contributed by atoms with van der Waals surface area (Å²) in [5.41, 5.74) is 2.42. The van der Waals surface area contributed by atoms with Crippen molar-refractivity contribution >= 4 is 22.2 Å². The molecule has 0 spiro atoms. The Balaban J connectivity index is 1.65. The molecule has 1 N–H and O–H groups in total. The standard InChI is InChI=1S/C22H17F2N7O2/c23-13-2-3-15-16(9-13)30(11-26-15)21-27-18(12-1-4-17(24)25-10-12)19-20(29-21)31(22(32)28-19)14-5-7-33-8-6-14/h1-4,9-11,14H,5-8H2,(H,28,32). The highest BCUT2D eigenvalue weighted by atomic mass is 19.1. The first-order valence-electron chi connectivity index (χ1n) is 10.4. The van der Waals surface area contributed by atoms with Crippen molar-refractivity contribution in [2.24, 2.45) is 0 Å². The molecule has 166 valence electrons. The Bertz CT molecular complexity index is 1550. The van der Waals surface area contributed by atoms with E-state index in [2.05, 4.69) is 24.9 Å². The molecule has 1 aliphatic rings. The fourth-order valence-electron chi connectivity index (χ4n) is 4.25. The number of aromatic amines is 1. The van der Waals surface area contributed by atoms with Crippen molar-refractivity contribution in [1.82, 2.24) is 34.1 Å². The van der Waals surface area contributed by atoms with E-state index < -0.39 is 11.8 Å². The van der Waals surface area contributed by atoms with Crippen LogP contribution in [0.3, 0.4) is 0 Å². The van der Waals surface area contributed by atoms with Crippen LogP contribution in [0, 0.1) is 11.8 Å². The quantitative estimate of drug-likeness (QED) is 0.425. The Morgan fingerprint density at radius 3 is 2.70 bits per heavy atom. The molecule has 5 heterocycles. The third-order valence-electron chi connectivity index (χ3n) is 5.84. The SMILES string of the molecule is O=c1[nH]c2c(-c3ccc(F)nc3)nc(-n3cnc4ccc(F)cc43)nc2n1C1CCOCC1. The lowest BCUT2D eigenvalue weighted by Gasteiger charge is -2.23. The van der Waals surface area contributed by atoms with Gasteiger partial charge in [-0.25, -0.2) is 24.1 Å². The molecule has 0 unspecified atom stereocenters. The Kier molecular flexibility index (Phi) is 4.50. The van der Waals surface area contributed by atoms with Crippen molar-refractivity contribution in [1.29, 1.82) is 0 Å². The number of hydrogen-bond donors (Lipinski definition) is 1. The van der Waals surface area contributed by atoms with Crippen LogP contribution < -0.4 is 5.69 Å². The van der Waals surface area contributed by atoms with E-state index in [0.717, 1.165) is 0 Å². The van der Waals surface area contributed by atoms with Crippen LogP contribution in [-0.2, 0) is 4.74 Å². The molecule has 0 aliphatic carbocycles. The van der Waals surface area contributed by atoms with Gasteiger partial charge in [-0.05, 0) is 37.1 Å². The number of ether oxygens (including phenoxy) is 1. The van der Waals surface area contributed by atoms with Gasteiger partial charge in [0.05, 0.1) is 11.0 Å². The summed E-state index contributed by atoms with van der Waals surface area (Å²) < 4.78 is 36.1. The Hall–Kier alpha value is -3.99. The molecule has 33 heavy (non-hydrogen) atoms. The molecule has 6 rings (SSSR count). The van der Waals surface area contributed by atoms with Crippen molar-refractivity contribution in [3.8, 4) is 17.2 Å². The molecule has 0 saturated carbocycles. The van der Waals surface area contributed by atoms with Crippen LogP contribution in [0.15, 0.2) is 47.7 Å². The predicted octanol–water partition coefficient (Wildman–Crippen LogP) is 3.15. The highest BCUT2D eigenvalue weighted by Gasteiger charge is 2.24. The maximum absolute atomic E-state index is 14.0. The molecule has 4 aromatic heterocycles. The van der Waals surface area contributed by atoms with Gasteiger partial charge in [0, 0.05) is 37.1 Å². The van der Waals surface area contributed by atoms with Gasteiger partial charge in [-0.3, -0.25) is 9.13 Å². The second-order valence-corrected chi connectivity index (χ2v) is 7.83. The van der Waals surface area contributed by atoms with Gasteiger partial charge in [0.1, 0.15) is 23.4 Å². The zero-order valence-corrected chi connectivity index (χ0v) is 17.2. The van der Waals surface area contributed by atoms with Crippen LogP contribution in [0.1, 0.15) is 18.9 Å². The molecule has 11 heteroatoms. The number of fused-ring (bicyclic) bond motifs is 2. The summed E-state index contributed by atoms with van der Waals surface area (Å²) in [6.45, 7) is 1.09. The molecule has 1 aliphatic heterocycles. The lowest BCUT2D eigenvalue weighted by atomic mass is 10.1. The fraction of sp³-hybridized carbons (Fsp3) is 0.227. The van der Waals surface area contributed by atoms with Crippen LogP contribution in [0.4, 0.5) is 8.78 Å². The van der Waals surface area contributed by atoms with E-state index >= 15 is 0 Å². The Labute approximate surface area is 184 Å². The number of aromatic nitrogens is 7. The van der Waals surface area contributed by atoms with Gasteiger partial charge < -0.3 is 9.72 Å². The molecule has 1 fully saturated rings. The molecular formula is C22H17F2N7O2. The van der Waals surface area contributed by atoms with Crippen molar-refractivity contribution in [2.75, 3.05) is 13.2 Å². The molecule has 5 aromatic rings. The smallest absolute Gasteiger partial charge is 0.327 e. The maximum Gasteiger partial charge on any atom is 0.327 e. The van der Waals surface area contributed by atoms with Crippen molar-refractivity contribution < 1.29 is 13.5 Å². The van der Waals surface area contributed by atoms with E-state index in [1.165, 1.54) is 36.8 Å². The van der Waals surface area contributed by atoms with Crippen molar-refractivity contribution in [3.63, 3.8) is 0 Å². The van der Waals surface area contributed by atoms with E-state index in [9.17, 15) is 13.6 Å². The average molecular weight is 449 g/mol. The molecule has 0 atom stereocenters. The highest BCUT2D eigenvalue weighted by Crippen LogP contribution is 2.29. The van der Waals surface area contributed by atoms with Gasteiger partial charge in [0.25, 0.3) is 0 Å². The van der Waals surface area contributed by atoms with Gasteiger partial charge in [-0.2, -0.15) is 9.37 Å². The first-order chi connectivity index (χ1) is 16.1. The summed E-state index contributed by atoms with van der Waals surface area (Å²) in [6, 6.07) is 6.89. The number of hydrogen-bond acceptors (Lipinski definition) is 6. The topological polar surface area (TPSA) is 104 Å². The number of benzene rings is 1. The van der Waals surface area contributed by atoms with Crippen molar-refractivity contribution in [3.05, 3.63) is 65.1 Å². The maximum atomic E-state index is 14.0. The summed E-state index contributed by atoms with van der Waals surface area (Å²) in [5.74, 6) is -0.850. The lowest BCUT2D eigenvalue weighted by molar-refractivity contribution is 0.0697. The third kappa shape index (κ3) is 3.28. The monoisotopic (exact) mass is 449 g/mol. The number of H-pyrrole nitrogens is 1. The van der Waals surface area contributed by atoms with Crippen LogP contribution in [0.2, 0.25) is 0 Å². The summed E-state index contributed by atoms with van der Waals surface area (Å²) >= 11 is 0.